The first-order valence-electron chi connectivity index (χ1n) is 10.8. The number of nitrogens with zero attached hydrogens (tertiary/aromatic N) is 1. The molecule has 1 fully saturated rings. The Hall–Kier alpha value is -2.26. The molecule has 2 aromatic carbocycles. The number of alkyl halides is 3. The largest absolute Gasteiger partial charge is 0.573 e. The summed E-state index contributed by atoms with van der Waals surface area (Å²) in [6, 6.07) is 9.21. The van der Waals surface area contributed by atoms with E-state index in [9.17, 15) is 18.0 Å². The molecule has 7 nitrogen and oxygen atoms in total. The van der Waals surface area contributed by atoms with E-state index in [0.717, 1.165) is 24.7 Å². The summed E-state index contributed by atoms with van der Waals surface area (Å²) in [6.07, 6.45) is -5.67. The summed E-state index contributed by atoms with van der Waals surface area (Å²) < 4.78 is 52.3. The number of amides is 1. The number of hydrogen-bond acceptors (Lipinski definition) is 6. The maximum atomic E-state index is 12.9. The predicted octanol–water partition coefficient (Wildman–Crippen LogP) is 5.08. The summed E-state index contributed by atoms with van der Waals surface area (Å²) in [7, 11) is 0. The molecular weight excluding hydrogens is 593 g/mol. The first-order valence-corrected chi connectivity index (χ1v) is 10.8. The van der Waals surface area contributed by atoms with Gasteiger partial charge in [0.1, 0.15) is 11.5 Å². The molecule has 2 heterocycles. The fourth-order valence-corrected chi connectivity index (χ4v) is 3.58. The predicted molar refractivity (Wildman–Crippen MR) is 149 cm³/mol. The topological polar surface area (TPSA) is 72.1 Å². The monoisotopic (exact) mass is 619 g/mol. The van der Waals surface area contributed by atoms with E-state index in [1.54, 1.807) is 6.07 Å². The molecule has 1 unspecified atom stereocenters. The minimum Gasteiger partial charge on any atom is -0.477 e. The lowest BCUT2D eigenvalue weighted by Crippen LogP contribution is -2.41. The molecule has 2 aliphatic rings. The lowest BCUT2D eigenvalue weighted by Gasteiger charge is -2.27. The zero-order chi connectivity index (χ0) is 24.1. The maximum Gasteiger partial charge on any atom is 0.573 e. The molecule has 14 heteroatoms. The number of halogens is 7. The van der Waals surface area contributed by atoms with Gasteiger partial charge in [0.25, 0.3) is 5.91 Å². The Morgan fingerprint density at radius 1 is 1.13 bits per heavy atom. The molecule has 1 atom stereocenters. The molecule has 4 rings (SSSR count). The molecule has 0 bridgehead atoms. The SMILES string of the molecule is Cc1ccc(NC(=O)C2CNc3cc(OC(F)(F)F)ccc3O2)c(C#CCN2CCOCC2)c1.Cl.Cl.Cl.Cl. The van der Waals surface area contributed by atoms with Crippen LogP contribution >= 0.6 is 49.6 Å². The Morgan fingerprint density at radius 2 is 1.84 bits per heavy atom. The van der Waals surface area contributed by atoms with E-state index in [1.807, 2.05) is 19.1 Å². The van der Waals surface area contributed by atoms with Gasteiger partial charge < -0.3 is 24.8 Å². The van der Waals surface area contributed by atoms with Crippen LogP contribution in [-0.4, -0.2) is 62.7 Å². The number of nitrogens with one attached hydrogen (secondary N) is 2. The van der Waals surface area contributed by atoms with Gasteiger partial charge in [0.15, 0.2) is 6.10 Å². The fraction of sp³-hybridized carbons (Fsp3) is 0.375. The Morgan fingerprint density at radius 3 is 2.53 bits per heavy atom. The van der Waals surface area contributed by atoms with Crippen LogP contribution in [0, 0.1) is 18.8 Å². The van der Waals surface area contributed by atoms with Crippen molar-refractivity contribution in [2.75, 3.05) is 50.0 Å². The van der Waals surface area contributed by atoms with Crippen LogP contribution in [0.2, 0.25) is 0 Å². The van der Waals surface area contributed by atoms with Gasteiger partial charge in [-0.1, -0.05) is 17.9 Å². The number of aryl methyl sites for hydroxylation is 1. The highest BCUT2D eigenvalue weighted by Gasteiger charge is 2.32. The second kappa shape index (κ2) is 16.0. The molecule has 1 amide bonds. The normalized spacial score (nSPS) is 16.1. The van der Waals surface area contributed by atoms with Crippen LogP contribution in [-0.2, 0) is 9.53 Å². The Balaban J connectivity index is 0.00000342. The molecule has 38 heavy (non-hydrogen) atoms. The van der Waals surface area contributed by atoms with E-state index >= 15 is 0 Å². The van der Waals surface area contributed by atoms with Crippen molar-refractivity contribution in [1.82, 2.24) is 4.90 Å². The average molecular weight is 621 g/mol. The lowest BCUT2D eigenvalue weighted by atomic mass is 10.1. The molecule has 0 radical (unpaired) electrons. The molecule has 0 saturated carbocycles. The van der Waals surface area contributed by atoms with Crippen LogP contribution in [0.15, 0.2) is 36.4 Å². The van der Waals surface area contributed by atoms with Crippen molar-refractivity contribution in [1.29, 1.82) is 0 Å². The third-order valence-electron chi connectivity index (χ3n) is 5.29. The van der Waals surface area contributed by atoms with E-state index in [-0.39, 0.29) is 67.7 Å². The third-order valence-corrected chi connectivity index (χ3v) is 5.29. The summed E-state index contributed by atoms with van der Waals surface area (Å²) in [5.74, 6) is 5.80. The Kier molecular flexibility index (Phi) is 15.0. The van der Waals surface area contributed by atoms with Crippen LogP contribution in [0.25, 0.3) is 0 Å². The number of morpholine rings is 1. The van der Waals surface area contributed by atoms with Crippen LogP contribution in [0.1, 0.15) is 11.1 Å². The molecule has 0 spiro atoms. The van der Waals surface area contributed by atoms with Gasteiger partial charge in [-0.2, -0.15) is 0 Å². The van der Waals surface area contributed by atoms with Gasteiger partial charge in [-0.3, -0.25) is 9.69 Å². The van der Waals surface area contributed by atoms with Gasteiger partial charge in [-0.15, -0.1) is 62.8 Å². The first-order chi connectivity index (χ1) is 16.3. The highest BCUT2D eigenvalue weighted by Crippen LogP contribution is 2.35. The minimum atomic E-state index is -4.79. The van der Waals surface area contributed by atoms with Crippen molar-refractivity contribution in [3.63, 3.8) is 0 Å². The van der Waals surface area contributed by atoms with Crippen molar-refractivity contribution >= 4 is 66.9 Å². The smallest absolute Gasteiger partial charge is 0.477 e. The van der Waals surface area contributed by atoms with E-state index in [2.05, 4.69) is 32.1 Å². The summed E-state index contributed by atoms with van der Waals surface area (Å²) in [5, 5.41) is 5.78. The Labute approximate surface area is 243 Å². The molecular formula is C24H28Cl4F3N3O4. The van der Waals surface area contributed by atoms with Crippen molar-refractivity contribution in [2.24, 2.45) is 0 Å². The van der Waals surface area contributed by atoms with Crippen molar-refractivity contribution in [2.45, 2.75) is 19.4 Å². The van der Waals surface area contributed by atoms with Gasteiger partial charge in [0.2, 0.25) is 0 Å². The van der Waals surface area contributed by atoms with E-state index < -0.39 is 18.4 Å². The van der Waals surface area contributed by atoms with E-state index in [1.165, 1.54) is 12.1 Å². The second-order valence-corrected chi connectivity index (χ2v) is 7.92. The average Bonchev–Trinajstić information content (AvgIpc) is 2.80. The second-order valence-electron chi connectivity index (χ2n) is 7.92. The standard InChI is InChI=1S/C24H24F3N3O4.4ClH/c1-16-4-6-19(17(13-16)3-2-8-30-9-11-32-12-10-30)29-23(31)22-15-28-20-14-18(34-24(25,26)27)5-7-21(20)33-22;;;;/h4-7,13-14,22,28H,8-12,15H2,1H3,(H,29,31);4*1H. The van der Waals surface area contributed by atoms with Gasteiger partial charge in [-0.05, 0) is 36.8 Å². The fourth-order valence-electron chi connectivity index (χ4n) is 3.58. The zero-order valence-electron chi connectivity index (χ0n) is 20.1. The third kappa shape index (κ3) is 10.1. The number of anilines is 2. The molecule has 2 N–H and O–H groups in total. The lowest BCUT2D eigenvalue weighted by molar-refractivity contribution is -0.274. The summed E-state index contributed by atoms with van der Waals surface area (Å²) >= 11 is 0. The first kappa shape index (κ1) is 35.7. The summed E-state index contributed by atoms with van der Waals surface area (Å²) in [6.45, 7) is 5.70. The van der Waals surface area contributed by atoms with Gasteiger partial charge in [0.05, 0.1) is 37.7 Å². The maximum absolute atomic E-state index is 12.9. The number of fused-ring (bicyclic) bond motifs is 1. The zero-order valence-corrected chi connectivity index (χ0v) is 23.4. The molecule has 1 saturated heterocycles. The number of hydrogen-bond donors (Lipinski definition) is 2. The van der Waals surface area contributed by atoms with Gasteiger partial charge >= 0.3 is 6.36 Å². The highest BCUT2D eigenvalue weighted by atomic mass is 35.5. The van der Waals surface area contributed by atoms with Crippen LogP contribution in [0.3, 0.4) is 0 Å². The van der Waals surface area contributed by atoms with E-state index in [4.69, 9.17) is 9.47 Å². The number of benzene rings is 2. The number of rotatable bonds is 4. The van der Waals surface area contributed by atoms with Crippen LogP contribution in [0.5, 0.6) is 11.5 Å². The van der Waals surface area contributed by atoms with Gasteiger partial charge in [-0.25, -0.2) is 0 Å². The number of carbonyl (C=O) groups is 1. The molecule has 0 aliphatic carbocycles. The van der Waals surface area contributed by atoms with Crippen LogP contribution < -0.4 is 20.1 Å². The van der Waals surface area contributed by atoms with Crippen molar-refractivity contribution in [3.8, 4) is 23.3 Å². The number of ether oxygens (including phenoxy) is 3. The Bertz CT molecular complexity index is 1120. The molecule has 2 aliphatic heterocycles. The summed E-state index contributed by atoms with van der Waals surface area (Å²) in [4.78, 5) is 15.1. The summed E-state index contributed by atoms with van der Waals surface area (Å²) in [5.41, 5.74) is 2.58. The molecule has 212 valence electrons. The van der Waals surface area contributed by atoms with Crippen molar-refractivity contribution in [3.05, 3.63) is 47.5 Å². The van der Waals surface area contributed by atoms with Crippen LogP contribution in [0.4, 0.5) is 24.5 Å². The highest BCUT2D eigenvalue weighted by molar-refractivity contribution is 5.96. The van der Waals surface area contributed by atoms with E-state index in [0.29, 0.717) is 36.7 Å². The number of carbonyl (C=O) groups excluding carboxylic acids is 1. The quantitative estimate of drug-likeness (QED) is 0.465. The molecule has 2 aromatic rings. The van der Waals surface area contributed by atoms with Crippen molar-refractivity contribution < 1.29 is 32.2 Å². The van der Waals surface area contributed by atoms with Gasteiger partial charge in [0, 0.05) is 24.7 Å². The molecule has 0 aromatic heterocycles. The minimum absolute atomic E-state index is 0.